The molecule has 0 unspecified atom stereocenters. The first-order valence-corrected chi connectivity index (χ1v) is 10.3. The van der Waals surface area contributed by atoms with E-state index in [1.165, 1.54) is 22.4 Å². The van der Waals surface area contributed by atoms with Crippen LogP contribution >= 0.6 is 23.8 Å². The van der Waals surface area contributed by atoms with Gasteiger partial charge in [-0.1, -0.05) is 23.7 Å². The zero-order valence-electron chi connectivity index (χ0n) is 15.6. The Morgan fingerprint density at radius 3 is 2.45 bits per heavy atom. The van der Waals surface area contributed by atoms with Crippen molar-refractivity contribution in [1.82, 2.24) is 9.78 Å². The summed E-state index contributed by atoms with van der Waals surface area (Å²) in [6, 6.07) is 11.4. The molecule has 0 aliphatic heterocycles. The highest BCUT2D eigenvalue weighted by Gasteiger charge is 2.27. The van der Waals surface area contributed by atoms with Crippen molar-refractivity contribution in [2.45, 2.75) is 44.2 Å². The molecule has 29 heavy (non-hydrogen) atoms. The Labute approximate surface area is 177 Å². The molecule has 152 valence electrons. The van der Waals surface area contributed by atoms with Crippen molar-refractivity contribution in [1.29, 1.82) is 0 Å². The fourth-order valence-corrected chi connectivity index (χ4v) is 4.11. The molecule has 1 N–H and O–H groups in total. The van der Waals surface area contributed by atoms with E-state index in [1.54, 1.807) is 0 Å². The van der Waals surface area contributed by atoms with E-state index in [9.17, 15) is 8.78 Å². The molecule has 0 atom stereocenters. The van der Waals surface area contributed by atoms with E-state index in [1.807, 2.05) is 12.1 Å². The largest absolute Gasteiger partial charge is 0.414 e. The fraction of sp³-hybridized carbons (Fsp3) is 0.333. The Morgan fingerprint density at radius 1 is 1.07 bits per heavy atom. The molecule has 1 aliphatic carbocycles. The Balaban J connectivity index is 1.38. The third-order valence-electron chi connectivity index (χ3n) is 5.39. The topological polar surface area (TPSA) is 43.0 Å². The van der Waals surface area contributed by atoms with Gasteiger partial charge in [0.1, 0.15) is 18.3 Å². The van der Waals surface area contributed by atoms with Crippen molar-refractivity contribution in [3.05, 3.63) is 75.4 Å². The van der Waals surface area contributed by atoms with Crippen LogP contribution in [0.2, 0.25) is 5.02 Å². The van der Waals surface area contributed by atoms with Crippen molar-refractivity contribution in [2.24, 2.45) is 0 Å². The molecule has 0 radical (unpaired) electrons. The standard InChI is InChI=1S/C21H20ClF2N3OS/c22-16-7-5-14(6-8-16)13-1-3-15(4-2-13)20-26-27(21(29)28-20)12-25-19-10-9-17(23)11-18(19)24/h5-11,13,15,25H,1-4,12H2. The van der Waals surface area contributed by atoms with Gasteiger partial charge in [0.25, 0.3) is 4.84 Å². The van der Waals surface area contributed by atoms with Gasteiger partial charge in [-0.3, -0.25) is 0 Å². The number of halogens is 3. The molecule has 8 heteroatoms. The fourth-order valence-electron chi connectivity index (χ4n) is 3.79. The van der Waals surface area contributed by atoms with Gasteiger partial charge < -0.3 is 9.73 Å². The number of hydrogen-bond acceptors (Lipinski definition) is 4. The molecule has 0 bridgehead atoms. The van der Waals surface area contributed by atoms with E-state index >= 15 is 0 Å². The number of hydrogen-bond donors (Lipinski definition) is 1. The van der Waals surface area contributed by atoms with E-state index in [2.05, 4.69) is 22.5 Å². The quantitative estimate of drug-likeness (QED) is 0.456. The highest BCUT2D eigenvalue weighted by Crippen LogP contribution is 2.40. The van der Waals surface area contributed by atoms with E-state index < -0.39 is 11.6 Å². The Hall–Kier alpha value is -2.25. The summed E-state index contributed by atoms with van der Waals surface area (Å²) in [5, 5.41) is 8.09. The highest BCUT2D eigenvalue weighted by atomic mass is 35.5. The van der Waals surface area contributed by atoms with E-state index in [4.69, 9.17) is 28.2 Å². The molecule has 0 saturated heterocycles. The molecule has 0 spiro atoms. The van der Waals surface area contributed by atoms with E-state index in [0.717, 1.165) is 36.8 Å². The Morgan fingerprint density at radius 2 is 1.76 bits per heavy atom. The molecular formula is C21H20ClF2N3OS. The molecule has 3 aromatic rings. The van der Waals surface area contributed by atoms with Gasteiger partial charge in [-0.05, 0) is 73.6 Å². The molecule has 1 heterocycles. The summed E-state index contributed by atoms with van der Waals surface area (Å²) in [4.78, 5) is 0.231. The third kappa shape index (κ3) is 4.67. The Kier molecular flexibility index (Phi) is 5.96. The van der Waals surface area contributed by atoms with Crippen LogP contribution < -0.4 is 5.32 Å². The number of nitrogens with one attached hydrogen (secondary N) is 1. The molecule has 1 aliphatic rings. The maximum absolute atomic E-state index is 13.8. The van der Waals surface area contributed by atoms with Crippen LogP contribution in [0.15, 0.2) is 46.9 Å². The number of benzene rings is 2. The van der Waals surface area contributed by atoms with Crippen molar-refractivity contribution < 1.29 is 13.2 Å². The van der Waals surface area contributed by atoms with Gasteiger partial charge in [-0.15, -0.1) is 5.10 Å². The van der Waals surface area contributed by atoms with Crippen LogP contribution in [0.5, 0.6) is 0 Å². The molecular weight excluding hydrogens is 416 g/mol. The molecule has 4 rings (SSSR count). The summed E-state index contributed by atoms with van der Waals surface area (Å²) in [5.74, 6) is 0.0510. The smallest absolute Gasteiger partial charge is 0.288 e. The van der Waals surface area contributed by atoms with Gasteiger partial charge in [0, 0.05) is 17.0 Å². The lowest BCUT2D eigenvalue weighted by Gasteiger charge is -2.26. The van der Waals surface area contributed by atoms with Crippen LogP contribution in [0.4, 0.5) is 14.5 Å². The maximum Gasteiger partial charge on any atom is 0.288 e. The average molecular weight is 436 g/mol. The van der Waals surface area contributed by atoms with Gasteiger partial charge in [0.15, 0.2) is 0 Å². The first kappa shape index (κ1) is 20.0. The van der Waals surface area contributed by atoms with Crippen LogP contribution in [-0.2, 0) is 6.67 Å². The second kappa shape index (κ2) is 8.63. The second-order valence-electron chi connectivity index (χ2n) is 7.26. The lowest BCUT2D eigenvalue weighted by Crippen LogP contribution is -2.14. The normalized spacial score (nSPS) is 19.3. The minimum absolute atomic E-state index is 0.144. The summed E-state index contributed by atoms with van der Waals surface area (Å²) >= 11 is 11.2. The van der Waals surface area contributed by atoms with Gasteiger partial charge in [-0.2, -0.15) is 0 Å². The van der Waals surface area contributed by atoms with Crippen molar-refractivity contribution >= 4 is 29.5 Å². The van der Waals surface area contributed by atoms with Crippen LogP contribution in [0, 0.1) is 16.5 Å². The summed E-state index contributed by atoms with van der Waals surface area (Å²) in [6.45, 7) is 0.144. The van der Waals surface area contributed by atoms with Gasteiger partial charge in [0.2, 0.25) is 5.89 Å². The summed E-state index contributed by atoms with van der Waals surface area (Å²) in [5.41, 5.74) is 1.49. The predicted octanol–water partition coefficient (Wildman–Crippen LogP) is 6.65. The molecule has 2 aromatic carbocycles. The van der Waals surface area contributed by atoms with Crippen LogP contribution in [0.3, 0.4) is 0 Å². The summed E-state index contributed by atoms with van der Waals surface area (Å²) in [6.07, 6.45) is 4.01. The first-order valence-electron chi connectivity index (χ1n) is 9.52. The zero-order chi connectivity index (χ0) is 20.4. The first-order chi connectivity index (χ1) is 14.0. The minimum atomic E-state index is -0.666. The van der Waals surface area contributed by atoms with Gasteiger partial charge >= 0.3 is 0 Å². The summed E-state index contributed by atoms with van der Waals surface area (Å²) in [7, 11) is 0. The van der Waals surface area contributed by atoms with Crippen LogP contribution in [0.25, 0.3) is 0 Å². The zero-order valence-corrected chi connectivity index (χ0v) is 17.1. The molecule has 1 saturated carbocycles. The third-order valence-corrected chi connectivity index (χ3v) is 5.94. The molecule has 4 nitrogen and oxygen atoms in total. The number of nitrogens with zero attached hydrogens (tertiary/aromatic N) is 2. The van der Waals surface area contributed by atoms with E-state index in [-0.39, 0.29) is 23.1 Å². The van der Waals surface area contributed by atoms with Crippen molar-refractivity contribution in [3.8, 4) is 0 Å². The van der Waals surface area contributed by atoms with Gasteiger partial charge in [0.05, 0.1) is 5.69 Å². The lowest BCUT2D eigenvalue weighted by atomic mass is 9.79. The number of rotatable bonds is 5. The number of anilines is 1. The SMILES string of the molecule is Fc1ccc(NCn2nc(C3CCC(c4ccc(Cl)cc4)CC3)oc2=S)c(F)c1. The average Bonchev–Trinajstić information content (AvgIpc) is 3.09. The van der Waals surface area contributed by atoms with Crippen molar-refractivity contribution in [3.63, 3.8) is 0 Å². The van der Waals surface area contributed by atoms with Crippen LogP contribution in [-0.4, -0.2) is 9.78 Å². The van der Waals surface area contributed by atoms with E-state index in [0.29, 0.717) is 11.8 Å². The maximum atomic E-state index is 13.8. The minimum Gasteiger partial charge on any atom is -0.414 e. The molecule has 1 fully saturated rings. The highest BCUT2D eigenvalue weighted by molar-refractivity contribution is 7.71. The summed E-state index contributed by atoms with van der Waals surface area (Å²) < 4.78 is 34.0. The number of aromatic nitrogens is 2. The van der Waals surface area contributed by atoms with Gasteiger partial charge in [-0.25, -0.2) is 13.5 Å². The predicted molar refractivity (Wildman–Crippen MR) is 111 cm³/mol. The molecule has 0 amide bonds. The van der Waals surface area contributed by atoms with Crippen LogP contribution in [0.1, 0.15) is 49.0 Å². The second-order valence-corrected chi connectivity index (χ2v) is 8.05. The van der Waals surface area contributed by atoms with Crippen molar-refractivity contribution in [2.75, 3.05) is 5.32 Å². The Bertz CT molecular complexity index is 1040. The lowest BCUT2D eigenvalue weighted by molar-refractivity contribution is 0.336. The molecule has 1 aromatic heterocycles. The monoisotopic (exact) mass is 435 g/mol.